The highest BCUT2D eigenvalue weighted by Gasteiger charge is 2.26. The number of hydrogen-bond donors (Lipinski definition) is 1. The zero-order chi connectivity index (χ0) is 14.7. The monoisotopic (exact) mass is 307 g/mol. The van der Waals surface area contributed by atoms with Gasteiger partial charge in [-0.3, -0.25) is 4.90 Å². The van der Waals surface area contributed by atoms with Gasteiger partial charge in [0.1, 0.15) is 0 Å². The summed E-state index contributed by atoms with van der Waals surface area (Å²) in [6.07, 6.45) is 3.60. The maximum Gasteiger partial charge on any atom is 0.249 e. The second-order valence-electron chi connectivity index (χ2n) is 5.26. The van der Waals surface area contributed by atoms with Gasteiger partial charge in [0, 0.05) is 12.6 Å². The Kier molecular flexibility index (Phi) is 4.53. The minimum atomic E-state index is 0.141. The van der Waals surface area contributed by atoms with Crippen LogP contribution < -0.4 is 0 Å². The Bertz CT molecular complexity index is 598. The first-order chi connectivity index (χ1) is 10.3. The van der Waals surface area contributed by atoms with Gasteiger partial charge in [-0.1, -0.05) is 30.2 Å². The van der Waals surface area contributed by atoms with Crippen molar-refractivity contribution >= 4 is 11.6 Å². The molecule has 0 amide bonds. The van der Waals surface area contributed by atoms with Crippen molar-refractivity contribution in [3.63, 3.8) is 0 Å². The largest absolute Gasteiger partial charge is 0.419 e. The lowest BCUT2D eigenvalue weighted by Gasteiger charge is -2.36. The topological polar surface area (TPSA) is 62.4 Å². The molecule has 1 heterocycles. The number of nitrogens with zero attached hydrogens (tertiary/aromatic N) is 3. The van der Waals surface area contributed by atoms with Crippen molar-refractivity contribution in [1.29, 1.82) is 0 Å². The molecule has 3 rings (SSSR count). The van der Waals surface area contributed by atoms with Crippen molar-refractivity contribution in [3.8, 4) is 11.5 Å². The number of hydrogen-bond acceptors (Lipinski definition) is 5. The molecule has 1 aliphatic carbocycles. The molecular formula is C15H18ClN3O2. The van der Waals surface area contributed by atoms with Crippen LogP contribution in [0.25, 0.3) is 11.5 Å². The van der Waals surface area contributed by atoms with E-state index in [-0.39, 0.29) is 6.61 Å². The zero-order valence-electron chi connectivity index (χ0n) is 11.7. The van der Waals surface area contributed by atoms with Gasteiger partial charge in [-0.15, -0.1) is 10.2 Å². The van der Waals surface area contributed by atoms with E-state index in [0.29, 0.717) is 35.9 Å². The van der Waals surface area contributed by atoms with Gasteiger partial charge in [-0.25, -0.2) is 0 Å². The van der Waals surface area contributed by atoms with Crippen LogP contribution in [0.15, 0.2) is 28.7 Å². The van der Waals surface area contributed by atoms with Crippen LogP contribution in [0.5, 0.6) is 0 Å². The lowest BCUT2D eigenvalue weighted by atomic mass is 9.91. The van der Waals surface area contributed by atoms with Crippen LogP contribution in [-0.4, -0.2) is 39.4 Å². The first-order valence-electron chi connectivity index (χ1n) is 7.20. The normalized spacial score (nSPS) is 15.4. The molecule has 0 aliphatic heterocycles. The van der Waals surface area contributed by atoms with Crippen LogP contribution in [0.1, 0.15) is 25.2 Å². The summed E-state index contributed by atoms with van der Waals surface area (Å²) in [5, 5.41) is 17.9. The highest BCUT2D eigenvalue weighted by atomic mass is 35.5. The summed E-state index contributed by atoms with van der Waals surface area (Å²) in [4.78, 5) is 2.20. The van der Waals surface area contributed by atoms with E-state index in [2.05, 4.69) is 15.1 Å². The van der Waals surface area contributed by atoms with Crippen molar-refractivity contribution in [3.05, 3.63) is 35.2 Å². The Morgan fingerprint density at radius 1 is 1.29 bits per heavy atom. The zero-order valence-corrected chi connectivity index (χ0v) is 12.5. The number of aliphatic hydroxyl groups excluding tert-OH is 1. The fourth-order valence-electron chi connectivity index (χ4n) is 2.51. The van der Waals surface area contributed by atoms with Gasteiger partial charge in [0.2, 0.25) is 11.8 Å². The molecule has 1 fully saturated rings. The van der Waals surface area contributed by atoms with Gasteiger partial charge in [0.15, 0.2) is 0 Å². The lowest BCUT2D eigenvalue weighted by molar-refractivity contribution is 0.0862. The van der Waals surface area contributed by atoms with Crippen molar-refractivity contribution in [2.45, 2.75) is 31.8 Å². The van der Waals surface area contributed by atoms with E-state index in [1.807, 2.05) is 18.2 Å². The molecule has 112 valence electrons. The van der Waals surface area contributed by atoms with Gasteiger partial charge in [-0.05, 0) is 25.0 Å². The molecule has 0 spiro atoms. The molecule has 0 saturated heterocycles. The average Bonchev–Trinajstić information content (AvgIpc) is 2.86. The first kappa shape index (κ1) is 14.5. The van der Waals surface area contributed by atoms with E-state index in [4.69, 9.17) is 16.0 Å². The van der Waals surface area contributed by atoms with Crippen LogP contribution in [-0.2, 0) is 6.54 Å². The summed E-state index contributed by atoms with van der Waals surface area (Å²) < 4.78 is 5.72. The molecule has 1 saturated carbocycles. The van der Waals surface area contributed by atoms with Crippen molar-refractivity contribution in [1.82, 2.24) is 15.1 Å². The van der Waals surface area contributed by atoms with E-state index in [0.717, 1.165) is 5.56 Å². The number of rotatable bonds is 6. The maximum absolute atomic E-state index is 9.18. The van der Waals surface area contributed by atoms with E-state index < -0.39 is 0 Å². The molecule has 5 nitrogen and oxygen atoms in total. The SMILES string of the molecule is OCCN(Cc1nnc(-c2ccccc2Cl)o1)C1CCC1. The third kappa shape index (κ3) is 3.26. The summed E-state index contributed by atoms with van der Waals surface area (Å²) in [6, 6.07) is 7.93. The Morgan fingerprint density at radius 2 is 2.10 bits per heavy atom. The minimum absolute atomic E-state index is 0.141. The van der Waals surface area contributed by atoms with E-state index in [9.17, 15) is 5.11 Å². The van der Waals surface area contributed by atoms with Gasteiger partial charge in [-0.2, -0.15) is 0 Å². The smallest absolute Gasteiger partial charge is 0.249 e. The van der Waals surface area contributed by atoms with E-state index in [1.54, 1.807) is 6.07 Å². The molecule has 21 heavy (non-hydrogen) atoms. The first-order valence-corrected chi connectivity index (χ1v) is 7.58. The second kappa shape index (κ2) is 6.56. The van der Waals surface area contributed by atoms with Gasteiger partial charge >= 0.3 is 0 Å². The Morgan fingerprint density at radius 3 is 2.76 bits per heavy atom. The van der Waals surface area contributed by atoms with Crippen LogP contribution >= 0.6 is 11.6 Å². The fourth-order valence-corrected chi connectivity index (χ4v) is 2.72. The number of aromatic nitrogens is 2. The molecule has 2 aromatic rings. The summed E-state index contributed by atoms with van der Waals surface area (Å²) in [7, 11) is 0. The quantitative estimate of drug-likeness (QED) is 0.889. The molecule has 0 bridgehead atoms. The Balaban J connectivity index is 1.73. The molecular weight excluding hydrogens is 290 g/mol. The van der Waals surface area contributed by atoms with Gasteiger partial charge < -0.3 is 9.52 Å². The summed E-state index contributed by atoms with van der Waals surface area (Å²) in [5.41, 5.74) is 0.746. The highest BCUT2D eigenvalue weighted by molar-refractivity contribution is 6.33. The van der Waals surface area contributed by atoms with Crippen molar-refractivity contribution in [2.24, 2.45) is 0 Å². The number of halogens is 1. The molecule has 1 aliphatic rings. The van der Waals surface area contributed by atoms with Crippen LogP contribution in [0.3, 0.4) is 0 Å². The average molecular weight is 308 g/mol. The standard InChI is InChI=1S/C15H18ClN3O2/c16-13-7-2-1-6-12(13)15-18-17-14(21-15)10-19(8-9-20)11-4-3-5-11/h1-2,6-7,11,20H,3-5,8-10H2. The van der Waals surface area contributed by atoms with Crippen molar-refractivity contribution in [2.75, 3.05) is 13.2 Å². The van der Waals surface area contributed by atoms with Crippen LogP contribution in [0.4, 0.5) is 0 Å². The Hall–Kier alpha value is -1.43. The maximum atomic E-state index is 9.18. The number of aliphatic hydroxyl groups is 1. The summed E-state index contributed by atoms with van der Waals surface area (Å²) in [6.45, 7) is 1.35. The van der Waals surface area contributed by atoms with Crippen molar-refractivity contribution < 1.29 is 9.52 Å². The molecule has 1 aromatic carbocycles. The molecule has 1 N–H and O–H groups in total. The second-order valence-corrected chi connectivity index (χ2v) is 5.67. The third-order valence-corrected chi connectivity index (χ3v) is 4.22. The highest BCUT2D eigenvalue weighted by Crippen LogP contribution is 2.28. The van der Waals surface area contributed by atoms with Gasteiger partial charge in [0.05, 0.1) is 23.7 Å². The Labute approximate surface area is 128 Å². The van der Waals surface area contributed by atoms with E-state index >= 15 is 0 Å². The molecule has 6 heteroatoms. The minimum Gasteiger partial charge on any atom is -0.419 e. The lowest BCUT2D eigenvalue weighted by Crippen LogP contribution is -2.41. The summed E-state index contributed by atoms with van der Waals surface area (Å²) in [5.74, 6) is 0.999. The predicted octanol–water partition coefficient (Wildman–Crippen LogP) is 2.74. The van der Waals surface area contributed by atoms with Gasteiger partial charge in [0.25, 0.3) is 0 Å². The summed E-state index contributed by atoms with van der Waals surface area (Å²) >= 11 is 6.13. The fraction of sp³-hybridized carbons (Fsp3) is 0.467. The predicted molar refractivity (Wildman–Crippen MR) is 79.9 cm³/mol. The van der Waals surface area contributed by atoms with E-state index in [1.165, 1.54) is 19.3 Å². The molecule has 1 aromatic heterocycles. The van der Waals surface area contributed by atoms with Crippen LogP contribution in [0, 0.1) is 0 Å². The number of benzene rings is 1. The molecule has 0 atom stereocenters. The molecule has 0 unspecified atom stereocenters. The third-order valence-electron chi connectivity index (χ3n) is 3.89. The molecule has 0 radical (unpaired) electrons. The van der Waals surface area contributed by atoms with Crippen LogP contribution in [0.2, 0.25) is 5.02 Å².